The molecule has 1 aromatic carbocycles. The molecule has 1 saturated carbocycles. The van der Waals surface area contributed by atoms with Crippen molar-refractivity contribution in [1.29, 1.82) is 0 Å². The Morgan fingerprint density at radius 1 is 1.21 bits per heavy atom. The molecule has 0 amide bonds. The number of benzene rings is 1. The molecule has 0 aliphatic heterocycles. The highest BCUT2D eigenvalue weighted by Gasteiger charge is 2.21. The predicted molar refractivity (Wildman–Crippen MR) is 68.1 cm³/mol. The zero-order valence-electron chi connectivity index (χ0n) is 8.05. The maximum Gasteiger partial charge on any atom is 0.0178 e. The van der Waals surface area contributed by atoms with Crippen LogP contribution in [0.3, 0.4) is 0 Å². The number of alkyl halides is 1. The van der Waals surface area contributed by atoms with E-state index in [-0.39, 0.29) is 0 Å². The topological polar surface area (TPSA) is 0 Å². The zero-order valence-corrected chi connectivity index (χ0v) is 11.2. The smallest absolute Gasteiger partial charge is 0.0178 e. The first-order chi connectivity index (χ1) is 6.75. The van der Waals surface area contributed by atoms with Gasteiger partial charge in [0.25, 0.3) is 0 Å². The summed E-state index contributed by atoms with van der Waals surface area (Å²) in [6.07, 6.45) is 5.33. The lowest BCUT2D eigenvalue weighted by atomic mass is 9.84. The van der Waals surface area contributed by atoms with Crippen molar-refractivity contribution in [2.75, 3.05) is 0 Å². The van der Waals surface area contributed by atoms with Crippen molar-refractivity contribution in [3.8, 4) is 0 Å². The summed E-state index contributed by atoms with van der Waals surface area (Å²) in [7, 11) is 0. The lowest BCUT2D eigenvalue weighted by molar-refractivity contribution is 0.458. The van der Waals surface area contributed by atoms with Gasteiger partial charge in [0.05, 0.1) is 0 Å². The average Bonchev–Trinajstić information content (AvgIpc) is 2.18. The second kappa shape index (κ2) is 4.80. The van der Waals surface area contributed by atoms with E-state index < -0.39 is 0 Å². The summed E-state index contributed by atoms with van der Waals surface area (Å²) in [5, 5.41) is 0. The Hall–Kier alpha value is 0.180. The molecule has 0 radical (unpaired) electrons. The van der Waals surface area contributed by atoms with E-state index in [1.165, 1.54) is 35.7 Å². The van der Waals surface area contributed by atoms with E-state index in [2.05, 4.69) is 56.1 Å². The summed E-state index contributed by atoms with van der Waals surface area (Å²) < 4.78 is 1.20. The van der Waals surface area contributed by atoms with E-state index in [4.69, 9.17) is 0 Å². The molecule has 0 spiro atoms. The van der Waals surface area contributed by atoms with Gasteiger partial charge in [-0.05, 0) is 42.9 Å². The summed E-state index contributed by atoms with van der Waals surface area (Å²) in [6.45, 7) is 0. The van der Waals surface area contributed by atoms with Gasteiger partial charge < -0.3 is 0 Å². The van der Waals surface area contributed by atoms with E-state index in [1.807, 2.05) is 0 Å². The van der Waals surface area contributed by atoms with Gasteiger partial charge in [0.1, 0.15) is 0 Å². The monoisotopic (exact) mass is 316 g/mol. The Kier molecular flexibility index (Phi) is 3.67. The van der Waals surface area contributed by atoms with Crippen LogP contribution in [-0.2, 0) is 0 Å². The van der Waals surface area contributed by atoms with Crippen molar-refractivity contribution < 1.29 is 0 Å². The number of hydrogen-bond acceptors (Lipinski definition) is 0. The molecule has 0 N–H and O–H groups in total. The molecule has 2 rings (SSSR count). The summed E-state index contributed by atoms with van der Waals surface area (Å²) >= 11 is 7.26. The zero-order chi connectivity index (χ0) is 9.97. The van der Waals surface area contributed by atoms with Crippen molar-refractivity contribution in [3.63, 3.8) is 0 Å². The van der Waals surface area contributed by atoms with E-state index in [0.29, 0.717) is 0 Å². The predicted octanol–water partition coefficient (Wildman–Crippen LogP) is 4.87. The second-order valence-corrected chi connectivity index (χ2v) is 6.23. The fourth-order valence-electron chi connectivity index (χ4n) is 2.19. The molecule has 1 aliphatic carbocycles. The molecule has 0 saturated heterocycles. The summed E-state index contributed by atoms with van der Waals surface area (Å²) in [5.41, 5.74) is 1.49. The lowest BCUT2D eigenvalue weighted by Gasteiger charge is -2.26. The number of rotatable bonds is 1. The molecule has 1 aromatic rings. The first-order valence-corrected chi connectivity index (χ1v) is 6.86. The van der Waals surface area contributed by atoms with E-state index >= 15 is 0 Å². The third-order valence-electron chi connectivity index (χ3n) is 2.93. The minimum absolute atomic E-state index is 0.722. The van der Waals surface area contributed by atoms with Crippen molar-refractivity contribution in [2.24, 2.45) is 0 Å². The molecular weight excluding hydrogens is 304 g/mol. The Morgan fingerprint density at radius 2 is 2.07 bits per heavy atom. The molecule has 0 heterocycles. The van der Waals surface area contributed by atoms with Crippen molar-refractivity contribution >= 4 is 31.9 Å². The number of halogens is 2. The lowest BCUT2D eigenvalue weighted by Crippen LogP contribution is -2.13. The van der Waals surface area contributed by atoms with Crippen LogP contribution in [0.1, 0.15) is 37.2 Å². The van der Waals surface area contributed by atoms with E-state index in [1.54, 1.807) is 0 Å². The first-order valence-electron chi connectivity index (χ1n) is 5.15. The molecule has 1 aliphatic rings. The highest BCUT2D eigenvalue weighted by molar-refractivity contribution is 9.10. The van der Waals surface area contributed by atoms with E-state index in [9.17, 15) is 0 Å². The largest absolute Gasteiger partial charge is 0.0890 e. The normalized spacial score (nSPS) is 27.6. The molecule has 2 heteroatoms. The van der Waals surface area contributed by atoms with Crippen LogP contribution in [-0.4, -0.2) is 4.83 Å². The summed E-state index contributed by atoms with van der Waals surface area (Å²) in [4.78, 5) is 0.722. The first kappa shape index (κ1) is 10.7. The van der Waals surface area contributed by atoms with Crippen molar-refractivity contribution in [3.05, 3.63) is 34.3 Å². The second-order valence-electron chi connectivity index (χ2n) is 4.02. The quantitative estimate of drug-likeness (QED) is 0.648. The third kappa shape index (κ3) is 2.60. The standard InChI is InChI=1S/C12H14Br2/c13-11-5-1-3-9(7-11)10-4-2-6-12(14)8-10/h1,3,5,7,10,12H,2,4,6,8H2. The molecule has 76 valence electrons. The molecular formula is C12H14Br2. The van der Waals surface area contributed by atoms with Gasteiger partial charge in [-0.1, -0.05) is 50.4 Å². The van der Waals surface area contributed by atoms with Gasteiger partial charge in [-0.25, -0.2) is 0 Å². The molecule has 2 atom stereocenters. The van der Waals surface area contributed by atoms with Crippen LogP contribution in [0.2, 0.25) is 0 Å². The highest BCUT2D eigenvalue weighted by Crippen LogP contribution is 2.36. The van der Waals surface area contributed by atoms with Crippen LogP contribution in [0, 0.1) is 0 Å². The van der Waals surface area contributed by atoms with Crippen LogP contribution >= 0.6 is 31.9 Å². The minimum atomic E-state index is 0.722. The maximum absolute atomic E-state index is 3.73. The molecule has 0 aromatic heterocycles. The van der Waals surface area contributed by atoms with Gasteiger partial charge >= 0.3 is 0 Å². The van der Waals surface area contributed by atoms with Crippen LogP contribution in [0.25, 0.3) is 0 Å². The molecule has 1 fully saturated rings. The molecule has 14 heavy (non-hydrogen) atoms. The van der Waals surface area contributed by atoms with Gasteiger partial charge in [-0.2, -0.15) is 0 Å². The Labute approximate surface area is 102 Å². The van der Waals surface area contributed by atoms with E-state index in [0.717, 1.165) is 10.7 Å². The summed E-state index contributed by atoms with van der Waals surface area (Å²) in [5.74, 6) is 0.755. The fourth-order valence-corrected chi connectivity index (χ4v) is 3.39. The van der Waals surface area contributed by atoms with Gasteiger partial charge in [0.15, 0.2) is 0 Å². The molecule has 0 bridgehead atoms. The van der Waals surface area contributed by atoms with Crippen LogP contribution in [0.15, 0.2) is 28.7 Å². The minimum Gasteiger partial charge on any atom is -0.0890 e. The maximum atomic E-state index is 3.73. The van der Waals surface area contributed by atoms with Crippen molar-refractivity contribution in [2.45, 2.75) is 36.4 Å². The van der Waals surface area contributed by atoms with Crippen LogP contribution in [0.4, 0.5) is 0 Å². The van der Waals surface area contributed by atoms with Gasteiger partial charge in [0, 0.05) is 9.30 Å². The van der Waals surface area contributed by atoms with Crippen LogP contribution in [0.5, 0.6) is 0 Å². The van der Waals surface area contributed by atoms with Gasteiger partial charge in [0.2, 0.25) is 0 Å². The fraction of sp³-hybridized carbons (Fsp3) is 0.500. The summed E-state index contributed by atoms with van der Waals surface area (Å²) in [6, 6.07) is 8.74. The Bertz CT molecular complexity index is 309. The average molecular weight is 318 g/mol. The SMILES string of the molecule is Brc1cccc(C2CCCC(Br)C2)c1. The van der Waals surface area contributed by atoms with Crippen LogP contribution < -0.4 is 0 Å². The Morgan fingerprint density at radius 3 is 2.79 bits per heavy atom. The van der Waals surface area contributed by atoms with Gasteiger partial charge in [-0.15, -0.1) is 0 Å². The Balaban J connectivity index is 2.14. The van der Waals surface area contributed by atoms with Gasteiger partial charge in [-0.3, -0.25) is 0 Å². The highest BCUT2D eigenvalue weighted by atomic mass is 79.9. The van der Waals surface area contributed by atoms with Crippen molar-refractivity contribution in [1.82, 2.24) is 0 Å². The number of hydrogen-bond donors (Lipinski definition) is 0. The third-order valence-corrected chi connectivity index (χ3v) is 4.26. The molecule has 2 unspecified atom stereocenters. The molecule has 0 nitrogen and oxygen atoms in total.